The van der Waals surface area contributed by atoms with Crippen LogP contribution in [0.15, 0.2) is 0 Å². The van der Waals surface area contributed by atoms with E-state index in [2.05, 4.69) is 19.2 Å². The van der Waals surface area contributed by atoms with Crippen LogP contribution in [-0.4, -0.2) is 13.1 Å². The van der Waals surface area contributed by atoms with E-state index in [9.17, 15) is 0 Å². The molecule has 0 bridgehead atoms. The van der Waals surface area contributed by atoms with E-state index in [0.29, 0.717) is 5.41 Å². The Morgan fingerprint density at radius 2 is 2.00 bits per heavy atom. The summed E-state index contributed by atoms with van der Waals surface area (Å²) in [6, 6.07) is 0.780. The van der Waals surface area contributed by atoms with Crippen LogP contribution in [0.25, 0.3) is 0 Å². The van der Waals surface area contributed by atoms with Crippen molar-refractivity contribution >= 4 is 12.4 Å². The van der Waals surface area contributed by atoms with Crippen molar-refractivity contribution in [3.05, 3.63) is 0 Å². The Labute approximate surface area is 63.6 Å². The highest BCUT2D eigenvalue weighted by molar-refractivity contribution is 5.85. The van der Waals surface area contributed by atoms with Gasteiger partial charge in [0.15, 0.2) is 0 Å². The minimum absolute atomic E-state index is 0. The average molecular weight is 150 g/mol. The lowest BCUT2D eigenvalue weighted by Crippen LogP contribution is -2.48. The average Bonchev–Trinajstić information content (AvgIpc) is 1.66. The van der Waals surface area contributed by atoms with Crippen LogP contribution < -0.4 is 5.32 Å². The standard InChI is InChI=1S/C7H15N.ClH/c1-7(2)5-4-6(7)8-3;/h6,8H,4-5H2,1-3H3;1H/t6-;/m1./s1. The van der Waals surface area contributed by atoms with Gasteiger partial charge in [0, 0.05) is 6.04 Å². The number of halogens is 1. The van der Waals surface area contributed by atoms with Gasteiger partial charge in [-0.15, -0.1) is 12.4 Å². The van der Waals surface area contributed by atoms with E-state index >= 15 is 0 Å². The molecule has 1 N–H and O–H groups in total. The van der Waals surface area contributed by atoms with Crippen LogP contribution in [0.5, 0.6) is 0 Å². The minimum Gasteiger partial charge on any atom is -0.316 e. The van der Waals surface area contributed by atoms with Crippen molar-refractivity contribution in [2.24, 2.45) is 5.41 Å². The molecule has 9 heavy (non-hydrogen) atoms. The monoisotopic (exact) mass is 149 g/mol. The topological polar surface area (TPSA) is 12.0 Å². The quantitative estimate of drug-likeness (QED) is 0.600. The lowest BCUT2D eigenvalue weighted by Gasteiger charge is -2.44. The van der Waals surface area contributed by atoms with E-state index in [1.165, 1.54) is 12.8 Å². The predicted octanol–water partition coefficient (Wildman–Crippen LogP) is 1.82. The fourth-order valence-electron chi connectivity index (χ4n) is 1.40. The van der Waals surface area contributed by atoms with E-state index in [-0.39, 0.29) is 12.4 Å². The molecule has 0 spiro atoms. The summed E-state index contributed by atoms with van der Waals surface area (Å²) >= 11 is 0. The second-order valence-electron chi connectivity index (χ2n) is 3.37. The molecular weight excluding hydrogens is 134 g/mol. The van der Waals surface area contributed by atoms with Crippen LogP contribution in [0.4, 0.5) is 0 Å². The molecule has 1 rings (SSSR count). The molecule has 1 saturated carbocycles. The molecule has 0 unspecified atom stereocenters. The van der Waals surface area contributed by atoms with Crippen LogP contribution in [-0.2, 0) is 0 Å². The Bertz CT molecular complexity index is 88.9. The van der Waals surface area contributed by atoms with Gasteiger partial charge in [-0.25, -0.2) is 0 Å². The van der Waals surface area contributed by atoms with Gasteiger partial charge in [0.25, 0.3) is 0 Å². The van der Waals surface area contributed by atoms with Crippen molar-refractivity contribution in [2.75, 3.05) is 7.05 Å². The fourth-order valence-corrected chi connectivity index (χ4v) is 1.40. The third-order valence-corrected chi connectivity index (χ3v) is 2.37. The molecule has 2 heteroatoms. The van der Waals surface area contributed by atoms with E-state index in [1.807, 2.05) is 7.05 Å². The van der Waals surface area contributed by atoms with Gasteiger partial charge in [-0.2, -0.15) is 0 Å². The molecule has 0 aromatic heterocycles. The third kappa shape index (κ3) is 1.59. The maximum Gasteiger partial charge on any atom is 0.0115 e. The summed E-state index contributed by atoms with van der Waals surface area (Å²) in [6.07, 6.45) is 2.75. The normalized spacial score (nSPS) is 30.3. The summed E-state index contributed by atoms with van der Waals surface area (Å²) in [5.41, 5.74) is 0.578. The van der Waals surface area contributed by atoms with Crippen molar-refractivity contribution < 1.29 is 0 Å². The van der Waals surface area contributed by atoms with E-state index < -0.39 is 0 Å². The molecule has 0 radical (unpaired) electrons. The van der Waals surface area contributed by atoms with Crippen molar-refractivity contribution in [3.8, 4) is 0 Å². The highest BCUT2D eigenvalue weighted by Crippen LogP contribution is 2.39. The highest BCUT2D eigenvalue weighted by atomic mass is 35.5. The molecule has 0 aromatic carbocycles. The Morgan fingerprint density at radius 1 is 1.44 bits per heavy atom. The van der Waals surface area contributed by atoms with Gasteiger partial charge in [0.05, 0.1) is 0 Å². The predicted molar refractivity (Wildman–Crippen MR) is 43.1 cm³/mol. The van der Waals surface area contributed by atoms with Gasteiger partial charge < -0.3 is 5.32 Å². The molecule has 0 heterocycles. The van der Waals surface area contributed by atoms with Crippen LogP contribution in [0.2, 0.25) is 0 Å². The largest absolute Gasteiger partial charge is 0.316 e. The maximum atomic E-state index is 3.29. The van der Waals surface area contributed by atoms with Gasteiger partial charge in [-0.3, -0.25) is 0 Å². The number of rotatable bonds is 1. The molecular formula is C7H16ClN. The molecule has 1 aliphatic carbocycles. The lowest BCUT2D eigenvalue weighted by molar-refractivity contribution is 0.117. The number of nitrogens with one attached hydrogen (secondary N) is 1. The summed E-state index contributed by atoms with van der Waals surface area (Å²) in [7, 11) is 2.05. The van der Waals surface area contributed by atoms with E-state index in [1.54, 1.807) is 0 Å². The second kappa shape index (κ2) is 2.89. The first-order chi connectivity index (χ1) is 3.67. The van der Waals surface area contributed by atoms with E-state index in [4.69, 9.17) is 0 Å². The molecule has 0 amide bonds. The zero-order valence-corrected chi connectivity index (χ0v) is 7.22. The van der Waals surface area contributed by atoms with Gasteiger partial charge in [-0.05, 0) is 25.3 Å². The zero-order chi connectivity index (χ0) is 6.20. The van der Waals surface area contributed by atoms with Crippen LogP contribution in [0.1, 0.15) is 26.7 Å². The zero-order valence-electron chi connectivity index (χ0n) is 6.40. The van der Waals surface area contributed by atoms with Crippen LogP contribution in [0.3, 0.4) is 0 Å². The molecule has 1 aliphatic rings. The van der Waals surface area contributed by atoms with Crippen LogP contribution in [0, 0.1) is 5.41 Å². The summed E-state index contributed by atoms with van der Waals surface area (Å²) in [4.78, 5) is 0. The first-order valence-electron chi connectivity index (χ1n) is 3.34. The molecule has 1 fully saturated rings. The molecule has 1 atom stereocenters. The molecule has 0 aromatic rings. The minimum atomic E-state index is 0. The summed E-state index contributed by atoms with van der Waals surface area (Å²) in [6.45, 7) is 4.63. The molecule has 0 aliphatic heterocycles. The summed E-state index contributed by atoms with van der Waals surface area (Å²) in [5.74, 6) is 0. The smallest absolute Gasteiger partial charge is 0.0115 e. The maximum absolute atomic E-state index is 3.29. The Hall–Kier alpha value is 0.250. The first kappa shape index (κ1) is 9.25. The molecule has 56 valence electrons. The van der Waals surface area contributed by atoms with Crippen molar-refractivity contribution in [3.63, 3.8) is 0 Å². The van der Waals surface area contributed by atoms with E-state index in [0.717, 1.165) is 6.04 Å². The molecule has 0 saturated heterocycles. The van der Waals surface area contributed by atoms with Crippen molar-refractivity contribution in [1.29, 1.82) is 0 Å². The summed E-state index contributed by atoms with van der Waals surface area (Å²) in [5, 5.41) is 3.29. The number of hydrogen-bond acceptors (Lipinski definition) is 1. The first-order valence-corrected chi connectivity index (χ1v) is 3.34. The molecule has 1 nitrogen and oxygen atoms in total. The Balaban J connectivity index is 0.000000640. The van der Waals surface area contributed by atoms with Crippen LogP contribution >= 0.6 is 12.4 Å². The Morgan fingerprint density at radius 3 is 2.00 bits per heavy atom. The third-order valence-electron chi connectivity index (χ3n) is 2.37. The van der Waals surface area contributed by atoms with Crippen molar-refractivity contribution in [2.45, 2.75) is 32.7 Å². The van der Waals surface area contributed by atoms with Gasteiger partial charge in [0.1, 0.15) is 0 Å². The summed E-state index contributed by atoms with van der Waals surface area (Å²) < 4.78 is 0. The van der Waals surface area contributed by atoms with Gasteiger partial charge in [0.2, 0.25) is 0 Å². The number of hydrogen-bond donors (Lipinski definition) is 1. The van der Waals surface area contributed by atoms with Gasteiger partial charge >= 0.3 is 0 Å². The second-order valence-corrected chi connectivity index (χ2v) is 3.37. The SMILES string of the molecule is CN[C@@H]1CCC1(C)C.Cl. The Kier molecular flexibility index (Phi) is 2.97. The lowest BCUT2D eigenvalue weighted by atomic mass is 9.67. The van der Waals surface area contributed by atoms with Crippen molar-refractivity contribution in [1.82, 2.24) is 5.32 Å². The highest BCUT2D eigenvalue weighted by Gasteiger charge is 2.36. The fraction of sp³-hybridized carbons (Fsp3) is 1.00. The van der Waals surface area contributed by atoms with Gasteiger partial charge in [-0.1, -0.05) is 13.8 Å².